The molecule has 8 heteroatoms. The van der Waals surface area contributed by atoms with E-state index in [4.69, 9.17) is 15.1 Å². The van der Waals surface area contributed by atoms with Crippen molar-refractivity contribution in [3.8, 4) is 28.3 Å². The topological polar surface area (TPSA) is 103 Å². The summed E-state index contributed by atoms with van der Waals surface area (Å²) in [6.45, 7) is 6.07. The Morgan fingerprint density at radius 3 is 2.55 bits per heavy atom. The van der Waals surface area contributed by atoms with E-state index in [2.05, 4.69) is 25.2 Å². The highest BCUT2D eigenvalue weighted by Gasteiger charge is 2.22. The van der Waals surface area contributed by atoms with Crippen LogP contribution in [0.2, 0.25) is 0 Å². The maximum absolute atomic E-state index is 14.0. The molecule has 3 N–H and O–H groups in total. The minimum absolute atomic E-state index is 0.0418. The van der Waals surface area contributed by atoms with E-state index >= 15 is 0 Å². The molecule has 208 valence electrons. The van der Waals surface area contributed by atoms with E-state index in [9.17, 15) is 9.59 Å². The third-order valence-electron chi connectivity index (χ3n) is 7.47. The minimum Gasteiger partial charge on any atom is -0.464 e. The number of amides is 1. The molecule has 2 heterocycles. The fourth-order valence-electron chi connectivity index (χ4n) is 5.30. The van der Waals surface area contributed by atoms with Crippen molar-refractivity contribution in [2.75, 3.05) is 11.5 Å². The monoisotopic (exact) mass is 556 g/mol. The summed E-state index contributed by atoms with van der Waals surface area (Å²) in [5.41, 5.74) is 11.0. The summed E-state index contributed by atoms with van der Waals surface area (Å²) in [6, 6.07) is 17.3. The van der Waals surface area contributed by atoms with Crippen molar-refractivity contribution in [3.05, 3.63) is 82.3 Å². The highest BCUT2D eigenvalue weighted by Crippen LogP contribution is 2.35. The lowest BCUT2D eigenvalue weighted by Gasteiger charge is -2.23. The van der Waals surface area contributed by atoms with Crippen LogP contribution in [-0.4, -0.2) is 27.3 Å². The smallest absolute Gasteiger partial charge is 0.262 e. The number of nitrogen functional groups attached to an aromatic ring is 1. The van der Waals surface area contributed by atoms with Crippen molar-refractivity contribution in [3.63, 3.8) is 0 Å². The van der Waals surface area contributed by atoms with Crippen LogP contribution < -0.4 is 16.6 Å². The minimum atomic E-state index is -0.178. The van der Waals surface area contributed by atoms with E-state index in [1.165, 1.54) is 18.2 Å². The first-order valence-corrected chi connectivity index (χ1v) is 14.9. The summed E-state index contributed by atoms with van der Waals surface area (Å²) in [5, 5.41) is 3.64. The van der Waals surface area contributed by atoms with Gasteiger partial charge in [-0.05, 0) is 73.7 Å². The van der Waals surface area contributed by atoms with Crippen LogP contribution in [0.4, 0.5) is 5.69 Å². The third kappa shape index (κ3) is 6.02. The Hall–Kier alpha value is -3.78. The van der Waals surface area contributed by atoms with Crippen LogP contribution in [-0.2, 0) is 4.79 Å². The first kappa shape index (κ1) is 27.8. The summed E-state index contributed by atoms with van der Waals surface area (Å²) < 4.78 is 7.24. The van der Waals surface area contributed by atoms with Gasteiger partial charge in [0.05, 0.1) is 23.4 Å². The van der Waals surface area contributed by atoms with Gasteiger partial charge in [0.1, 0.15) is 5.76 Å². The molecule has 4 aromatic rings. The molecule has 0 aliphatic heterocycles. The zero-order valence-corrected chi connectivity index (χ0v) is 24.1. The molecule has 1 fully saturated rings. The Kier molecular flexibility index (Phi) is 8.45. The van der Waals surface area contributed by atoms with Crippen LogP contribution in [0.3, 0.4) is 0 Å². The van der Waals surface area contributed by atoms with Gasteiger partial charge in [-0.3, -0.25) is 14.2 Å². The number of hydrogen-bond acceptors (Lipinski definition) is 6. The van der Waals surface area contributed by atoms with E-state index in [1.54, 1.807) is 35.1 Å². The summed E-state index contributed by atoms with van der Waals surface area (Å²) in [5.74, 6) is 1.08. The van der Waals surface area contributed by atoms with Gasteiger partial charge in [-0.25, -0.2) is 4.98 Å². The maximum Gasteiger partial charge on any atom is 0.262 e. The van der Waals surface area contributed by atoms with Crippen molar-refractivity contribution in [1.29, 1.82) is 0 Å². The van der Waals surface area contributed by atoms with Crippen molar-refractivity contribution < 1.29 is 9.21 Å². The number of nitrogens with zero attached hydrogens (tertiary/aromatic N) is 2. The normalized spacial score (nSPS) is 14.0. The fourth-order valence-corrected chi connectivity index (χ4v) is 6.12. The number of anilines is 1. The molecule has 5 rings (SSSR count). The first-order chi connectivity index (χ1) is 19.3. The molecule has 0 atom stereocenters. The standard InChI is InChI=1S/C32H36N4O3S/c1-20(2)26-16-11-22(28-10-7-17-39-28)18-27(26)30-21(3)31(38)36(25-14-12-23(33)13-15-25)32(35-30)40-19-29(37)34-24-8-5-4-6-9-24/h7,10-18,20,24H,4-6,8-9,19,33H2,1-3H3,(H,34,37). The van der Waals surface area contributed by atoms with Gasteiger partial charge in [-0.15, -0.1) is 0 Å². The number of rotatable bonds is 8. The summed E-state index contributed by atoms with van der Waals surface area (Å²) in [7, 11) is 0. The number of nitrogens with two attached hydrogens (primary N) is 1. The lowest BCUT2D eigenvalue weighted by molar-refractivity contribution is -0.119. The van der Waals surface area contributed by atoms with Crippen molar-refractivity contribution in [2.45, 2.75) is 70.0 Å². The Labute approximate surface area is 239 Å². The number of benzene rings is 2. The molecule has 1 aliphatic rings. The number of aromatic nitrogens is 2. The van der Waals surface area contributed by atoms with Crippen LogP contribution in [0.5, 0.6) is 0 Å². The predicted octanol–water partition coefficient (Wildman–Crippen LogP) is 6.71. The molecule has 2 aromatic carbocycles. The molecule has 0 unspecified atom stereocenters. The zero-order valence-electron chi connectivity index (χ0n) is 23.3. The average molecular weight is 557 g/mol. The van der Waals surface area contributed by atoms with E-state index in [0.29, 0.717) is 27.8 Å². The molecule has 0 saturated heterocycles. The van der Waals surface area contributed by atoms with Crippen LogP contribution in [0.25, 0.3) is 28.3 Å². The van der Waals surface area contributed by atoms with Gasteiger partial charge >= 0.3 is 0 Å². The number of carbonyl (C=O) groups is 1. The highest BCUT2D eigenvalue weighted by molar-refractivity contribution is 7.99. The van der Waals surface area contributed by atoms with Crippen LogP contribution in [0.15, 0.2) is 75.2 Å². The fraction of sp³-hybridized carbons (Fsp3) is 0.344. The Balaban J connectivity index is 1.59. The van der Waals surface area contributed by atoms with E-state index in [0.717, 1.165) is 48.1 Å². The molecule has 40 heavy (non-hydrogen) atoms. The second-order valence-corrected chi connectivity index (χ2v) is 11.7. The Morgan fingerprint density at radius 1 is 1.12 bits per heavy atom. The molecule has 2 aromatic heterocycles. The Bertz CT molecular complexity index is 1540. The molecule has 0 bridgehead atoms. The van der Waals surface area contributed by atoms with Gasteiger partial charge in [0.15, 0.2) is 5.16 Å². The second kappa shape index (κ2) is 12.2. The number of hydrogen-bond donors (Lipinski definition) is 2. The number of furan rings is 1. The molecule has 1 amide bonds. The van der Waals surface area contributed by atoms with Crippen molar-refractivity contribution in [1.82, 2.24) is 14.9 Å². The SMILES string of the molecule is Cc1c(-c2cc(-c3ccco3)ccc2C(C)C)nc(SCC(=O)NC2CCCCC2)n(-c2ccc(N)cc2)c1=O. The van der Waals surface area contributed by atoms with Crippen LogP contribution in [0, 0.1) is 6.92 Å². The lowest BCUT2D eigenvalue weighted by atomic mass is 9.91. The second-order valence-electron chi connectivity index (χ2n) is 10.7. The lowest BCUT2D eigenvalue weighted by Crippen LogP contribution is -2.37. The van der Waals surface area contributed by atoms with Crippen molar-refractivity contribution in [2.24, 2.45) is 0 Å². The predicted molar refractivity (Wildman–Crippen MR) is 162 cm³/mol. The molecule has 1 saturated carbocycles. The molecular formula is C32H36N4O3S. The first-order valence-electron chi connectivity index (χ1n) is 13.9. The molecule has 7 nitrogen and oxygen atoms in total. The van der Waals surface area contributed by atoms with Gasteiger partial charge in [0.25, 0.3) is 5.56 Å². The Morgan fingerprint density at radius 2 is 1.88 bits per heavy atom. The third-order valence-corrected chi connectivity index (χ3v) is 8.41. The summed E-state index contributed by atoms with van der Waals surface area (Å²) >= 11 is 1.28. The molecule has 1 aliphatic carbocycles. The molecular weight excluding hydrogens is 520 g/mol. The average Bonchev–Trinajstić information content (AvgIpc) is 3.50. The van der Waals surface area contributed by atoms with E-state index in [1.807, 2.05) is 31.2 Å². The van der Waals surface area contributed by atoms with Gasteiger partial charge in [0, 0.05) is 28.4 Å². The van der Waals surface area contributed by atoms with Crippen molar-refractivity contribution >= 4 is 23.4 Å². The quantitative estimate of drug-likeness (QED) is 0.142. The number of nitrogens with one attached hydrogen (secondary N) is 1. The molecule has 0 radical (unpaired) electrons. The number of thioether (sulfide) groups is 1. The van der Waals surface area contributed by atoms with Gasteiger partial charge in [-0.1, -0.05) is 57.0 Å². The number of carbonyl (C=O) groups excluding carboxylic acids is 1. The van der Waals surface area contributed by atoms with Gasteiger partial charge in [-0.2, -0.15) is 0 Å². The van der Waals surface area contributed by atoms with E-state index in [-0.39, 0.29) is 29.2 Å². The zero-order chi connectivity index (χ0) is 28.2. The maximum atomic E-state index is 14.0. The summed E-state index contributed by atoms with van der Waals surface area (Å²) in [6.07, 6.45) is 7.20. The largest absolute Gasteiger partial charge is 0.464 e. The van der Waals surface area contributed by atoms with Crippen LogP contribution in [0.1, 0.15) is 63.0 Å². The highest BCUT2D eigenvalue weighted by atomic mass is 32.2. The van der Waals surface area contributed by atoms with Gasteiger partial charge < -0.3 is 15.5 Å². The van der Waals surface area contributed by atoms with Gasteiger partial charge in [0.2, 0.25) is 5.91 Å². The van der Waals surface area contributed by atoms with E-state index < -0.39 is 0 Å². The summed E-state index contributed by atoms with van der Waals surface area (Å²) in [4.78, 5) is 32.0. The van der Waals surface area contributed by atoms with Crippen LogP contribution >= 0.6 is 11.8 Å². The molecule has 0 spiro atoms.